The van der Waals surface area contributed by atoms with Crippen LogP contribution in [0.1, 0.15) is 39.5 Å². The maximum atomic E-state index is 11.1. The Bertz CT molecular complexity index is 339. The van der Waals surface area contributed by atoms with Gasteiger partial charge in [0.15, 0.2) is 5.17 Å². The molecule has 18 heavy (non-hydrogen) atoms. The van der Waals surface area contributed by atoms with Crippen molar-refractivity contribution in [3.8, 4) is 0 Å². The van der Waals surface area contributed by atoms with Gasteiger partial charge in [-0.15, -0.1) is 0 Å². The lowest BCUT2D eigenvalue weighted by Crippen LogP contribution is -2.40. The average Bonchev–Trinajstić information content (AvgIpc) is 2.83. The highest BCUT2D eigenvalue weighted by Crippen LogP contribution is 2.34. The highest BCUT2D eigenvalue weighted by molar-refractivity contribution is 8.13. The summed E-state index contributed by atoms with van der Waals surface area (Å²) in [5, 5.41) is 7.38. The molecule has 0 bridgehead atoms. The minimum absolute atomic E-state index is 0.177. The van der Waals surface area contributed by atoms with E-state index in [-0.39, 0.29) is 11.9 Å². The first-order chi connectivity index (χ1) is 8.67. The zero-order chi connectivity index (χ0) is 13.0. The Kier molecular flexibility index (Phi) is 4.54. The van der Waals surface area contributed by atoms with Crippen LogP contribution in [0.25, 0.3) is 0 Å². The van der Waals surface area contributed by atoms with Gasteiger partial charge in [-0.25, -0.2) is 0 Å². The molecule has 4 nitrogen and oxygen atoms in total. The number of carbonyl (C=O) groups excluding carboxylic acids is 1. The van der Waals surface area contributed by atoms with Gasteiger partial charge in [0.05, 0.1) is 0 Å². The number of amidine groups is 1. The number of hydrogen-bond acceptors (Lipinski definition) is 4. The van der Waals surface area contributed by atoms with E-state index in [0.29, 0.717) is 11.8 Å². The molecule has 2 aliphatic rings. The van der Waals surface area contributed by atoms with E-state index in [9.17, 15) is 4.79 Å². The summed E-state index contributed by atoms with van der Waals surface area (Å²) in [7, 11) is 0. The van der Waals surface area contributed by atoms with Gasteiger partial charge >= 0.3 is 0 Å². The van der Waals surface area contributed by atoms with Gasteiger partial charge < -0.3 is 10.6 Å². The van der Waals surface area contributed by atoms with Gasteiger partial charge in [0.2, 0.25) is 5.91 Å². The van der Waals surface area contributed by atoms with Crippen molar-refractivity contribution < 1.29 is 4.79 Å². The van der Waals surface area contributed by atoms with Gasteiger partial charge in [-0.1, -0.05) is 25.6 Å². The average molecular weight is 269 g/mol. The first-order valence-corrected chi connectivity index (χ1v) is 7.86. The number of thioether (sulfide) groups is 1. The third kappa shape index (κ3) is 3.19. The van der Waals surface area contributed by atoms with Crippen molar-refractivity contribution in [1.29, 1.82) is 0 Å². The number of aliphatic imine (C=N–C) groups is 1. The molecule has 0 aliphatic carbocycles. The number of rotatable bonds is 4. The van der Waals surface area contributed by atoms with Gasteiger partial charge in [0, 0.05) is 31.3 Å². The van der Waals surface area contributed by atoms with Crippen LogP contribution in [0.15, 0.2) is 4.99 Å². The molecule has 2 heterocycles. The van der Waals surface area contributed by atoms with Gasteiger partial charge in [-0.2, -0.15) is 0 Å². The predicted molar refractivity (Wildman–Crippen MR) is 76.9 cm³/mol. The lowest BCUT2D eigenvalue weighted by molar-refractivity contribution is -0.119. The zero-order valence-corrected chi connectivity index (χ0v) is 12.1. The topological polar surface area (TPSA) is 53.5 Å². The molecule has 0 spiro atoms. The van der Waals surface area contributed by atoms with Crippen LogP contribution in [0.3, 0.4) is 0 Å². The molecule has 5 heteroatoms. The Balaban J connectivity index is 1.78. The first kappa shape index (κ1) is 13.7. The molecular weight excluding hydrogens is 246 g/mol. The van der Waals surface area contributed by atoms with Crippen molar-refractivity contribution >= 4 is 22.8 Å². The number of carbonyl (C=O) groups is 1. The third-order valence-corrected chi connectivity index (χ3v) is 5.46. The molecule has 1 unspecified atom stereocenters. The minimum atomic E-state index is 0.177. The molecular formula is C13H23N3OS. The van der Waals surface area contributed by atoms with Crippen LogP contribution in [-0.2, 0) is 4.79 Å². The first-order valence-electron chi connectivity index (χ1n) is 6.88. The van der Waals surface area contributed by atoms with Crippen LogP contribution < -0.4 is 10.6 Å². The lowest BCUT2D eigenvalue weighted by Gasteiger charge is -2.33. The molecule has 102 valence electrons. The van der Waals surface area contributed by atoms with Crippen molar-refractivity contribution in [1.82, 2.24) is 10.6 Å². The Hall–Kier alpha value is -0.710. The van der Waals surface area contributed by atoms with E-state index in [1.54, 1.807) is 0 Å². The molecule has 0 aromatic carbocycles. The molecule has 0 aromatic heterocycles. The lowest BCUT2D eigenvalue weighted by atomic mass is 9.84. The van der Waals surface area contributed by atoms with Crippen molar-refractivity contribution in [2.24, 2.45) is 10.4 Å². The number of nitrogens with zero attached hydrogens (tertiary/aromatic N) is 1. The zero-order valence-electron chi connectivity index (χ0n) is 11.3. The Morgan fingerprint density at radius 2 is 2.28 bits per heavy atom. The molecule has 0 saturated carbocycles. The molecule has 2 rings (SSSR count). The van der Waals surface area contributed by atoms with Crippen molar-refractivity contribution in [3.05, 3.63) is 0 Å². The second-order valence-corrected chi connectivity index (χ2v) is 6.27. The van der Waals surface area contributed by atoms with Crippen molar-refractivity contribution in [2.75, 3.05) is 18.8 Å². The standard InChI is InChI=1S/C13H23N3OS/c1-3-13(4-2)8-15-12(18-9-13)14-7-10-5-6-11(17)16-10/h10H,3-9H2,1-2H3,(H,14,15)(H,16,17). The van der Waals surface area contributed by atoms with Gasteiger partial charge in [0.1, 0.15) is 0 Å². The third-order valence-electron chi connectivity index (χ3n) is 4.16. The fourth-order valence-corrected chi connectivity index (χ4v) is 3.66. The normalized spacial score (nSPS) is 26.7. The summed E-state index contributed by atoms with van der Waals surface area (Å²) in [6, 6.07) is 0.282. The minimum Gasteiger partial charge on any atom is -0.363 e. The van der Waals surface area contributed by atoms with Gasteiger partial charge in [0.25, 0.3) is 0 Å². The summed E-state index contributed by atoms with van der Waals surface area (Å²) >= 11 is 1.83. The second kappa shape index (κ2) is 5.95. The number of nitrogens with one attached hydrogen (secondary N) is 2. The molecule has 0 aromatic rings. The molecule has 1 atom stereocenters. The summed E-state index contributed by atoms with van der Waals surface area (Å²) in [5.74, 6) is 1.33. The van der Waals surface area contributed by atoms with Crippen LogP contribution in [0.4, 0.5) is 0 Å². The molecule has 2 aliphatic heterocycles. The fraction of sp³-hybridized carbons (Fsp3) is 0.846. The Morgan fingerprint density at radius 1 is 1.50 bits per heavy atom. The Morgan fingerprint density at radius 3 is 2.78 bits per heavy atom. The molecule has 2 N–H and O–H groups in total. The SMILES string of the molecule is CCC1(CC)CN=C(NCC2CCC(=O)N2)SC1. The molecule has 1 saturated heterocycles. The van der Waals surface area contributed by atoms with Crippen LogP contribution in [0.5, 0.6) is 0 Å². The van der Waals surface area contributed by atoms with Crippen LogP contribution in [-0.4, -0.2) is 36.0 Å². The summed E-state index contributed by atoms with van der Waals surface area (Å²) in [5.41, 5.74) is 0.400. The van der Waals surface area contributed by atoms with Gasteiger partial charge in [-0.3, -0.25) is 9.79 Å². The van der Waals surface area contributed by atoms with Crippen molar-refractivity contribution in [3.63, 3.8) is 0 Å². The predicted octanol–water partition coefficient (Wildman–Crippen LogP) is 1.76. The van der Waals surface area contributed by atoms with Crippen molar-refractivity contribution in [2.45, 2.75) is 45.6 Å². The maximum absolute atomic E-state index is 11.1. The largest absolute Gasteiger partial charge is 0.363 e. The van der Waals surface area contributed by atoms with Gasteiger partial charge in [-0.05, 0) is 24.7 Å². The monoisotopic (exact) mass is 269 g/mol. The second-order valence-electron chi connectivity index (χ2n) is 5.30. The van der Waals surface area contributed by atoms with Crippen LogP contribution in [0, 0.1) is 5.41 Å². The van der Waals surface area contributed by atoms with E-state index < -0.39 is 0 Å². The summed E-state index contributed by atoms with van der Waals surface area (Å²) in [4.78, 5) is 15.8. The van der Waals surface area contributed by atoms with E-state index in [1.807, 2.05) is 11.8 Å². The van der Waals surface area contributed by atoms with E-state index in [1.165, 1.54) is 12.8 Å². The maximum Gasteiger partial charge on any atom is 0.220 e. The molecule has 1 amide bonds. The summed E-state index contributed by atoms with van der Waals surface area (Å²) in [6.07, 6.45) is 4.01. The van der Waals surface area contributed by atoms with E-state index in [0.717, 1.165) is 30.4 Å². The summed E-state index contributed by atoms with van der Waals surface area (Å²) < 4.78 is 0. The van der Waals surface area contributed by atoms with E-state index >= 15 is 0 Å². The fourth-order valence-electron chi connectivity index (χ4n) is 2.38. The van der Waals surface area contributed by atoms with Crippen LogP contribution >= 0.6 is 11.8 Å². The number of hydrogen-bond donors (Lipinski definition) is 2. The quantitative estimate of drug-likeness (QED) is 0.818. The van der Waals surface area contributed by atoms with E-state index in [4.69, 9.17) is 0 Å². The molecule has 1 fully saturated rings. The number of amides is 1. The smallest absolute Gasteiger partial charge is 0.220 e. The highest BCUT2D eigenvalue weighted by Gasteiger charge is 2.30. The molecule has 0 radical (unpaired) electrons. The summed E-state index contributed by atoms with van der Waals surface area (Å²) in [6.45, 7) is 6.26. The van der Waals surface area contributed by atoms with Crippen LogP contribution in [0.2, 0.25) is 0 Å². The highest BCUT2D eigenvalue weighted by atomic mass is 32.2. The Labute approximate surface area is 113 Å². The van der Waals surface area contributed by atoms with E-state index in [2.05, 4.69) is 29.5 Å².